The highest BCUT2D eigenvalue weighted by Gasteiger charge is 2.55. The van der Waals surface area contributed by atoms with Gasteiger partial charge >= 0.3 is 6.03 Å². The molecule has 8 nitrogen and oxygen atoms in total. The smallest absolute Gasteiger partial charge is 0.327 e. The van der Waals surface area contributed by atoms with Crippen LogP contribution in [0.1, 0.15) is 37.7 Å². The predicted octanol–water partition coefficient (Wildman–Crippen LogP) is 3.23. The summed E-state index contributed by atoms with van der Waals surface area (Å²) in [6, 6.07) is 8.64. The van der Waals surface area contributed by atoms with Crippen LogP contribution in [0.2, 0.25) is 0 Å². The van der Waals surface area contributed by atoms with Crippen LogP contribution in [0.4, 0.5) is 9.18 Å². The molecule has 2 heterocycles. The Morgan fingerprint density at radius 3 is 2.72 bits per heavy atom. The van der Waals surface area contributed by atoms with Crippen LogP contribution in [0.3, 0.4) is 0 Å². The number of nitrogens with one attached hydrogen (secondary N) is 1. The molecule has 4 rings (SSSR count). The first kappa shape index (κ1) is 21.7. The number of imide groups is 1. The van der Waals surface area contributed by atoms with Gasteiger partial charge in [-0.3, -0.25) is 14.5 Å². The summed E-state index contributed by atoms with van der Waals surface area (Å²) in [5.41, 5.74) is -0.240. The maximum absolute atomic E-state index is 13.4. The van der Waals surface area contributed by atoms with E-state index < -0.39 is 23.3 Å². The van der Waals surface area contributed by atoms with Crippen LogP contribution in [-0.2, 0) is 16.1 Å². The molecule has 1 N–H and O–H groups in total. The molecule has 1 aromatic heterocycles. The fourth-order valence-electron chi connectivity index (χ4n) is 4.36. The van der Waals surface area contributed by atoms with Gasteiger partial charge in [0, 0.05) is 31.4 Å². The monoisotopic (exact) mass is 440 g/mol. The van der Waals surface area contributed by atoms with Crippen LogP contribution in [-0.4, -0.2) is 51.8 Å². The van der Waals surface area contributed by atoms with Gasteiger partial charge in [-0.25, -0.2) is 14.2 Å². The SMILES string of the molecule is CN1C(=O)N(CC(=O)NCc2cccnc2Oc2cccc(F)c2)C(=O)C12CCCCC2. The van der Waals surface area contributed by atoms with Crippen LogP contribution < -0.4 is 10.1 Å². The molecule has 2 aliphatic rings. The minimum atomic E-state index is -0.815. The van der Waals surface area contributed by atoms with Crippen molar-refractivity contribution in [3.63, 3.8) is 0 Å². The Morgan fingerprint density at radius 2 is 1.97 bits per heavy atom. The topological polar surface area (TPSA) is 91.8 Å². The van der Waals surface area contributed by atoms with Gasteiger partial charge in [-0.15, -0.1) is 0 Å². The van der Waals surface area contributed by atoms with Gasteiger partial charge in [-0.05, 0) is 31.0 Å². The lowest BCUT2D eigenvalue weighted by molar-refractivity contribution is -0.137. The number of amides is 4. The van der Waals surface area contributed by atoms with Crippen molar-refractivity contribution in [2.45, 2.75) is 44.2 Å². The molecule has 1 saturated heterocycles. The molecule has 9 heteroatoms. The quantitative estimate of drug-likeness (QED) is 0.697. The highest BCUT2D eigenvalue weighted by molar-refractivity contribution is 6.08. The number of nitrogens with zero attached hydrogens (tertiary/aromatic N) is 3. The molecule has 4 amide bonds. The second-order valence-corrected chi connectivity index (χ2v) is 8.13. The summed E-state index contributed by atoms with van der Waals surface area (Å²) >= 11 is 0. The Morgan fingerprint density at radius 1 is 1.19 bits per heavy atom. The second-order valence-electron chi connectivity index (χ2n) is 8.13. The number of hydrogen-bond acceptors (Lipinski definition) is 5. The van der Waals surface area contributed by atoms with E-state index in [2.05, 4.69) is 10.3 Å². The molecule has 0 unspecified atom stereocenters. The summed E-state index contributed by atoms with van der Waals surface area (Å²) in [7, 11) is 1.63. The Labute approximate surface area is 185 Å². The molecule has 168 valence electrons. The minimum absolute atomic E-state index is 0.0779. The summed E-state index contributed by atoms with van der Waals surface area (Å²) in [6.45, 7) is -0.265. The summed E-state index contributed by atoms with van der Waals surface area (Å²) < 4.78 is 19.1. The molecule has 1 saturated carbocycles. The van der Waals surface area contributed by atoms with Crippen LogP contribution in [0.25, 0.3) is 0 Å². The van der Waals surface area contributed by atoms with Crippen molar-refractivity contribution in [2.24, 2.45) is 0 Å². The number of halogens is 1. The lowest BCUT2D eigenvalue weighted by atomic mass is 9.81. The van der Waals surface area contributed by atoms with Crippen molar-refractivity contribution < 1.29 is 23.5 Å². The van der Waals surface area contributed by atoms with Gasteiger partial charge in [0.15, 0.2) is 0 Å². The Kier molecular flexibility index (Phi) is 6.07. The summed E-state index contributed by atoms with van der Waals surface area (Å²) in [4.78, 5) is 44.9. The van der Waals surface area contributed by atoms with E-state index in [0.29, 0.717) is 18.4 Å². The van der Waals surface area contributed by atoms with Gasteiger partial charge in [0.1, 0.15) is 23.7 Å². The number of pyridine rings is 1. The lowest BCUT2D eigenvalue weighted by Crippen LogP contribution is -2.49. The van der Waals surface area contributed by atoms with Crippen LogP contribution >= 0.6 is 0 Å². The number of ether oxygens (including phenoxy) is 1. The number of carbonyl (C=O) groups excluding carboxylic acids is 3. The molecule has 1 aliphatic heterocycles. The Hall–Kier alpha value is -3.49. The van der Waals surface area contributed by atoms with E-state index >= 15 is 0 Å². The Bertz CT molecular complexity index is 1040. The summed E-state index contributed by atoms with van der Waals surface area (Å²) in [6.07, 6.45) is 5.60. The van der Waals surface area contributed by atoms with E-state index in [1.54, 1.807) is 25.2 Å². The molecule has 2 fully saturated rings. The first-order valence-electron chi connectivity index (χ1n) is 10.6. The summed E-state index contributed by atoms with van der Waals surface area (Å²) in [5.74, 6) is -0.684. The number of aromatic nitrogens is 1. The van der Waals surface area contributed by atoms with Crippen LogP contribution in [0.15, 0.2) is 42.6 Å². The van der Waals surface area contributed by atoms with Gasteiger partial charge in [0.25, 0.3) is 5.91 Å². The molecular formula is C23H25FN4O4. The molecule has 2 aromatic rings. The predicted molar refractivity (Wildman–Crippen MR) is 113 cm³/mol. The van der Waals surface area contributed by atoms with Gasteiger partial charge in [-0.2, -0.15) is 0 Å². The third-order valence-corrected chi connectivity index (χ3v) is 6.12. The molecule has 0 atom stereocenters. The molecule has 0 bridgehead atoms. The highest BCUT2D eigenvalue weighted by atomic mass is 19.1. The van der Waals surface area contributed by atoms with E-state index in [-0.39, 0.29) is 30.6 Å². The molecule has 0 radical (unpaired) electrons. The summed E-state index contributed by atoms with van der Waals surface area (Å²) in [5, 5.41) is 2.71. The lowest BCUT2D eigenvalue weighted by Gasteiger charge is -2.35. The van der Waals surface area contributed by atoms with Crippen molar-refractivity contribution in [3.8, 4) is 11.6 Å². The van der Waals surface area contributed by atoms with Gasteiger partial charge in [-0.1, -0.05) is 31.4 Å². The second kappa shape index (κ2) is 8.94. The number of carbonyl (C=O) groups is 3. The largest absolute Gasteiger partial charge is 0.439 e. The minimum Gasteiger partial charge on any atom is -0.439 e. The van der Waals surface area contributed by atoms with E-state index in [1.165, 1.54) is 29.3 Å². The zero-order valence-corrected chi connectivity index (χ0v) is 17.8. The fourth-order valence-corrected chi connectivity index (χ4v) is 4.36. The standard InChI is InChI=1S/C23H25FN4O4/c1-27-22(31)28(21(30)23(27)10-3-2-4-11-23)15-19(29)26-14-16-7-6-12-25-20(16)32-18-9-5-8-17(24)13-18/h5-9,12-13H,2-4,10-11,14-15H2,1H3,(H,26,29). The fraction of sp³-hybridized carbons (Fsp3) is 0.391. The van der Waals surface area contributed by atoms with Gasteiger partial charge in [0.05, 0.1) is 0 Å². The number of hydrogen-bond donors (Lipinski definition) is 1. The maximum atomic E-state index is 13.4. The molecule has 1 aliphatic carbocycles. The van der Waals surface area contributed by atoms with Crippen LogP contribution in [0, 0.1) is 5.82 Å². The number of likely N-dealkylation sites (N-methyl/N-ethyl adjacent to an activating group) is 1. The Balaban J connectivity index is 1.39. The number of rotatable bonds is 6. The third-order valence-electron chi connectivity index (χ3n) is 6.12. The van der Waals surface area contributed by atoms with E-state index in [0.717, 1.165) is 24.2 Å². The zero-order chi connectivity index (χ0) is 22.7. The third kappa shape index (κ3) is 4.15. The average molecular weight is 440 g/mol. The van der Waals surface area contributed by atoms with Crippen LogP contribution in [0.5, 0.6) is 11.6 Å². The van der Waals surface area contributed by atoms with E-state index in [1.807, 2.05) is 0 Å². The van der Waals surface area contributed by atoms with Crippen molar-refractivity contribution in [1.82, 2.24) is 20.1 Å². The first-order valence-corrected chi connectivity index (χ1v) is 10.6. The van der Waals surface area contributed by atoms with Crippen molar-refractivity contribution in [1.29, 1.82) is 0 Å². The van der Waals surface area contributed by atoms with Gasteiger partial charge < -0.3 is 15.0 Å². The molecule has 1 aromatic carbocycles. The number of benzene rings is 1. The van der Waals surface area contributed by atoms with Crippen molar-refractivity contribution in [3.05, 3.63) is 54.0 Å². The number of urea groups is 1. The molecule has 1 spiro atoms. The van der Waals surface area contributed by atoms with Crippen molar-refractivity contribution >= 4 is 17.8 Å². The normalized spacial score (nSPS) is 17.7. The van der Waals surface area contributed by atoms with Crippen molar-refractivity contribution in [2.75, 3.05) is 13.6 Å². The highest BCUT2D eigenvalue weighted by Crippen LogP contribution is 2.39. The first-order chi connectivity index (χ1) is 15.4. The van der Waals surface area contributed by atoms with E-state index in [4.69, 9.17) is 4.74 Å². The molecule has 32 heavy (non-hydrogen) atoms. The molecular weight excluding hydrogens is 415 g/mol. The maximum Gasteiger partial charge on any atom is 0.327 e. The average Bonchev–Trinajstić information content (AvgIpc) is 2.95. The van der Waals surface area contributed by atoms with Gasteiger partial charge in [0.2, 0.25) is 11.8 Å². The van der Waals surface area contributed by atoms with E-state index in [9.17, 15) is 18.8 Å². The zero-order valence-electron chi connectivity index (χ0n) is 17.8.